The Labute approximate surface area is 175 Å². The molecule has 0 atom stereocenters. The molecular formula is C24H23N3O3. The standard InChI is InChI=1S/C24H23N3O3/c1-27(2)24(29)20-6-8-21(9-7-20)26-23(28)12-5-18-3-10-22(11-4-18)30-17-19-13-15-25-16-14-19/h3-16H,17H2,1-2H3,(H,26,28)/b12-5+. The molecule has 6 heteroatoms. The van der Waals surface area contributed by atoms with Crippen LogP contribution in [0.15, 0.2) is 79.1 Å². The van der Waals surface area contributed by atoms with Gasteiger partial charge in [-0.2, -0.15) is 0 Å². The van der Waals surface area contributed by atoms with Crippen LogP contribution in [0.2, 0.25) is 0 Å². The number of pyridine rings is 1. The van der Waals surface area contributed by atoms with E-state index in [0.717, 1.165) is 16.9 Å². The Bertz CT molecular complexity index is 1010. The number of benzene rings is 2. The highest BCUT2D eigenvalue weighted by Crippen LogP contribution is 2.15. The molecule has 3 aromatic rings. The van der Waals surface area contributed by atoms with Gasteiger partial charge >= 0.3 is 0 Å². The van der Waals surface area contributed by atoms with Gasteiger partial charge in [0.05, 0.1) is 0 Å². The van der Waals surface area contributed by atoms with Gasteiger partial charge in [-0.25, -0.2) is 0 Å². The number of ether oxygens (including phenoxy) is 1. The summed E-state index contributed by atoms with van der Waals surface area (Å²) in [5.41, 5.74) is 3.12. The average Bonchev–Trinajstić information content (AvgIpc) is 2.77. The van der Waals surface area contributed by atoms with Crippen LogP contribution in [-0.4, -0.2) is 35.8 Å². The molecule has 1 N–H and O–H groups in total. The maximum Gasteiger partial charge on any atom is 0.253 e. The van der Waals surface area contributed by atoms with Gasteiger partial charge in [-0.3, -0.25) is 14.6 Å². The van der Waals surface area contributed by atoms with Gasteiger partial charge < -0.3 is 15.0 Å². The number of amides is 2. The molecule has 1 aromatic heterocycles. The van der Waals surface area contributed by atoms with Crippen molar-refractivity contribution in [2.24, 2.45) is 0 Å². The Morgan fingerprint density at radius 3 is 2.27 bits per heavy atom. The number of rotatable bonds is 7. The molecule has 0 saturated heterocycles. The number of nitrogens with one attached hydrogen (secondary N) is 1. The quantitative estimate of drug-likeness (QED) is 0.607. The van der Waals surface area contributed by atoms with Gasteiger partial charge in [0.2, 0.25) is 5.91 Å². The predicted octanol–water partition coefficient (Wildman–Crippen LogP) is 4.01. The number of aromatic nitrogens is 1. The zero-order chi connectivity index (χ0) is 21.3. The number of carbonyl (C=O) groups excluding carboxylic acids is 2. The van der Waals surface area contributed by atoms with Crippen molar-refractivity contribution in [2.75, 3.05) is 19.4 Å². The molecule has 0 bridgehead atoms. The van der Waals surface area contributed by atoms with E-state index in [4.69, 9.17) is 4.74 Å². The lowest BCUT2D eigenvalue weighted by atomic mass is 10.2. The fourth-order valence-corrected chi connectivity index (χ4v) is 2.63. The van der Waals surface area contributed by atoms with E-state index in [1.807, 2.05) is 36.4 Å². The maximum absolute atomic E-state index is 12.1. The number of carbonyl (C=O) groups is 2. The molecule has 152 valence electrons. The Morgan fingerprint density at radius 2 is 1.63 bits per heavy atom. The minimum atomic E-state index is -0.250. The van der Waals surface area contributed by atoms with Crippen LogP contribution >= 0.6 is 0 Å². The van der Waals surface area contributed by atoms with Crippen LogP contribution in [0.25, 0.3) is 6.08 Å². The molecule has 0 saturated carbocycles. The third-order valence-corrected chi connectivity index (χ3v) is 4.27. The van der Waals surface area contributed by atoms with E-state index in [1.165, 1.54) is 11.0 Å². The third kappa shape index (κ3) is 6.04. The Morgan fingerprint density at radius 1 is 0.967 bits per heavy atom. The number of nitrogens with zero attached hydrogens (tertiary/aromatic N) is 2. The van der Waals surface area contributed by atoms with Crippen LogP contribution < -0.4 is 10.1 Å². The first-order valence-electron chi connectivity index (χ1n) is 9.44. The van der Waals surface area contributed by atoms with Gasteiger partial charge in [0.15, 0.2) is 0 Å². The third-order valence-electron chi connectivity index (χ3n) is 4.27. The van der Waals surface area contributed by atoms with E-state index in [9.17, 15) is 9.59 Å². The molecule has 0 spiro atoms. The second-order valence-electron chi connectivity index (χ2n) is 6.81. The number of hydrogen-bond acceptors (Lipinski definition) is 4. The van der Waals surface area contributed by atoms with E-state index in [2.05, 4.69) is 10.3 Å². The fourth-order valence-electron chi connectivity index (χ4n) is 2.63. The monoisotopic (exact) mass is 401 g/mol. The molecule has 30 heavy (non-hydrogen) atoms. The van der Waals surface area contributed by atoms with Crippen molar-refractivity contribution < 1.29 is 14.3 Å². The summed E-state index contributed by atoms with van der Waals surface area (Å²) in [5.74, 6) is 0.418. The SMILES string of the molecule is CN(C)C(=O)c1ccc(NC(=O)/C=C/c2ccc(OCc3ccncc3)cc2)cc1. The molecule has 6 nitrogen and oxygen atoms in total. The molecule has 2 aromatic carbocycles. The van der Waals surface area contributed by atoms with Crippen molar-refractivity contribution in [2.45, 2.75) is 6.61 Å². The van der Waals surface area contributed by atoms with Crippen molar-refractivity contribution >= 4 is 23.6 Å². The van der Waals surface area contributed by atoms with Crippen LogP contribution in [0.4, 0.5) is 5.69 Å². The largest absolute Gasteiger partial charge is 0.489 e. The van der Waals surface area contributed by atoms with Gasteiger partial charge in [0, 0.05) is 43.8 Å². The Kier molecular flexibility index (Phi) is 6.95. The van der Waals surface area contributed by atoms with Gasteiger partial charge in [-0.05, 0) is 65.7 Å². The topological polar surface area (TPSA) is 71.5 Å². The van der Waals surface area contributed by atoms with Crippen molar-refractivity contribution in [1.29, 1.82) is 0 Å². The minimum Gasteiger partial charge on any atom is -0.489 e. The van der Waals surface area contributed by atoms with Gasteiger partial charge in [0.1, 0.15) is 12.4 Å². The second-order valence-corrected chi connectivity index (χ2v) is 6.81. The predicted molar refractivity (Wildman–Crippen MR) is 117 cm³/mol. The first-order chi connectivity index (χ1) is 14.5. The summed E-state index contributed by atoms with van der Waals surface area (Å²) in [5, 5.41) is 2.78. The summed E-state index contributed by atoms with van der Waals surface area (Å²) in [4.78, 5) is 29.5. The van der Waals surface area contributed by atoms with E-state index >= 15 is 0 Å². The zero-order valence-electron chi connectivity index (χ0n) is 16.9. The summed E-state index contributed by atoms with van der Waals surface area (Å²) in [6.07, 6.45) is 6.66. The lowest BCUT2D eigenvalue weighted by molar-refractivity contribution is -0.111. The summed E-state index contributed by atoms with van der Waals surface area (Å²) in [6, 6.07) is 18.1. The summed E-state index contributed by atoms with van der Waals surface area (Å²) >= 11 is 0. The normalized spacial score (nSPS) is 10.6. The highest BCUT2D eigenvalue weighted by atomic mass is 16.5. The molecule has 2 amide bonds. The van der Waals surface area contributed by atoms with Crippen LogP contribution in [0.1, 0.15) is 21.5 Å². The minimum absolute atomic E-state index is 0.0824. The average molecular weight is 401 g/mol. The van der Waals surface area contributed by atoms with E-state index in [0.29, 0.717) is 17.9 Å². The van der Waals surface area contributed by atoms with E-state index in [1.54, 1.807) is 56.8 Å². The highest BCUT2D eigenvalue weighted by molar-refractivity contribution is 6.02. The van der Waals surface area contributed by atoms with Crippen molar-refractivity contribution in [3.63, 3.8) is 0 Å². The summed E-state index contributed by atoms with van der Waals surface area (Å²) in [7, 11) is 3.39. The highest BCUT2D eigenvalue weighted by Gasteiger charge is 2.07. The number of hydrogen-bond donors (Lipinski definition) is 1. The van der Waals surface area contributed by atoms with Crippen LogP contribution in [-0.2, 0) is 11.4 Å². The molecule has 0 aliphatic rings. The number of anilines is 1. The van der Waals surface area contributed by atoms with Crippen LogP contribution in [0.3, 0.4) is 0 Å². The Hall–Kier alpha value is -3.93. The molecule has 0 radical (unpaired) electrons. The van der Waals surface area contributed by atoms with Crippen LogP contribution in [0.5, 0.6) is 5.75 Å². The molecule has 0 aliphatic carbocycles. The molecule has 1 heterocycles. The van der Waals surface area contributed by atoms with Crippen molar-refractivity contribution in [1.82, 2.24) is 9.88 Å². The lowest BCUT2D eigenvalue weighted by Crippen LogP contribution is -2.21. The zero-order valence-corrected chi connectivity index (χ0v) is 16.9. The van der Waals surface area contributed by atoms with Crippen molar-refractivity contribution in [3.8, 4) is 5.75 Å². The summed E-state index contributed by atoms with van der Waals surface area (Å²) < 4.78 is 5.73. The van der Waals surface area contributed by atoms with Gasteiger partial charge in [0.25, 0.3) is 5.91 Å². The smallest absolute Gasteiger partial charge is 0.253 e. The van der Waals surface area contributed by atoms with Gasteiger partial charge in [-0.15, -0.1) is 0 Å². The molecule has 0 aliphatic heterocycles. The molecular weight excluding hydrogens is 378 g/mol. The van der Waals surface area contributed by atoms with E-state index < -0.39 is 0 Å². The van der Waals surface area contributed by atoms with Gasteiger partial charge in [-0.1, -0.05) is 12.1 Å². The van der Waals surface area contributed by atoms with Crippen molar-refractivity contribution in [3.05, 3.63) is 95.8 Å². The first-order valence-corrected chi connectivity index (χ1v) is 9.44. The maximum atomic E-state index is 12.1. The first kappa shape index (κ1) is 20.8. The fraction of sp³-hybridized carbons (Fsp3) is 0.125. The molecule has 0 unspecified atom stereocenters. The van der Waals surface area contributed by atoms with E-state index in [-0.39, 0.29) is 11.8 Å². The summed E-state index contributed by atoms with van der Waals surface area (Å²) in [6.45, 7) is 0.471. The lowest BCUT2D eigenvalue weighted by Gasteiger charge is -2.10. The second kappa shape index (κ2) is 10.0. The Balaban J connectivity index is 1.51. The van der Waals surface area contributed by atoms with Crippen LogP contribution in [0, 0.1) is 0 Å². The molecule has 0 fully saturated rings. The molecule has 3 rings (SSSR count).